The number of nitrogens with one attached hydrogen (secondary N) is 1. The quantitative estimate of drug-likeness (QED) is 0.603. The highest BCUT2D eigenvalue weighted by molar-refractivity contribution is 5.78. The van der Waals surface area contributed by atoms with Crippen molar-refractivity contribution in [2.75, 3.05) is 7.05 Å². The molecule has 0 bridgehead atoms. The van der Waals surface area contributed by atoms with Crippen LogP contribution in [0.2, 0.25) is 0 Å². The topological polar surface area (TPSA) is 49.3 Å². The van der Waals surface area contributed by atoms with E-state index in [0.29, 0.717) is 0 Å². The van der Waals surface area contributed by atoms with Gasteiger partial charge in [0.1, 0.15) is 0 Å². The lowest BCUT2D eigenvalue weighted by Crippen LogP contribution is -2.37. The summed E-state index contributed by atoms with van der Waals surface area (Å²) in [7, 11) is 1.80. The van der Waals surface area contributed by atoms with Crippen LogP contribution in [0, 0.1) is 5.41 Å². The molecular formula is C7H13NO2. The molecule has 3 nitrogen and oxygen atoms in total. The number of hydrogen-bond donors (Lipinski definition) is 2. The second kappa shape index (κ2) is 2.23. The molecule has 1 aliphatic carbocycles. The van der Waals surface area contributed by atoms with Crippen molar-refractivity contribution in [2.24, 2.45) is 5.41 Å². The van der Waals surface area contributed by atoms with Gasteiger partial charge >= 0.3 is 5.97 Å². The molecule has 58 valence electrons. The Kier molecular flexibility index (Phi) is 1.68. The minimum absolute atomic E-state index is 0.102. The van der Waals surface area contributed by atoms with Crippen LogP contribution in [-0.2, 0) is 4.79 Å². The van der Waals surface area contributed by atoms with Crippen LogP contribution >= 0.6 is 0 Å². The summed E-state index contributed by atoms with van der Waals surface area (Å²) >= 11 is 0. The third-order valence-electron chi connectivity index (χ3n) is 2.48. The first-order chi connectivity index (χ1) is 4.63. The fraction of sp³-hybridized carbons (Fsp3) is 0.857. The Balaban J connectivity index is 2.60. The highest BCUT2D eigenvalue weighted by Gasteiger charge is 2.53. The summed E-state index contributed by atoms with van der Waals surface area (Å²) in [5.41, 5.74) is -0.436. The summed E-state index contributed by atoms with van der Waals surface area (Å²) in [6.45, 7) is 1.92. The van der Waals surface area contributed by atoms with E-state index in [1.54, 1.807) is 7.05 Å². The van der Waals surface area contributed by atoms with E-state index in [1.807, 2.05) is 6.92 Å². The Bertz CT molecular complexity index is 152. The molecule has 0 aromatic heterocycles. The maximum atomic E-state index is 10.6. The third kappa shape index (κ3) is 0.904. The SMILES string of the molecule is CNC(C)C1(C(=O)O)CC1. The molecule has 0 aromatic rings. The molecule has 0 aromatic carbocycles. The smallest absolute Gasteiger partial charge is 0.311 e. The zero-order valence-corrected chi connectivity index (χ0v) is 6.35. The van der Waals surface area contributed by atoms with Gasteiger partial charge in [-0.25, -0.2) is 0 Å². The molecule has 0 amide bonds. The van der Waals surface area contributed by atoms with Gasteiger partial charge < -0.3 is 10.4 Å². The number of rotatable bonds is 3. The van der Waals surface area contributed by atoms with Crippen molar-refractivity contribution >= 4 is 5.97 Å². The van der Waals surface area contributed by atoms with Crippen LogP contribution in [-0.4, -0.2) is 24.2 Å². The number of carboxylic acids is 1. The first kappa shape index (κ1) is 7.54. The predicted octanol–water partition coefficient (Wildman–Crippen LogP) is 0.459. The zero-order valence-electron chi connectivity index (χ0n) is 6.35. The summed E-state index contributed by atoms with van der Waals surface area (Å²) in [4.78, 5) is 10.6. The Labute approximate surface area is 60.4 Å². The molecule has 0 spiro atoms. The summed E-state index contributed by atoms with van der Waals surface area (Å²) in [6.07, 6.45) is 1.65. The van der Waals surface area contributed by atoms with Crippen LogP contribution in [0.1, 0.15) is 19.8 Å². The van der Waals surface area contributed by atoms with E-state index in [-0.39, 0.29) is 6.04 Å². The van der Waals surface area contributed by atoms with E-state index in [1.165, 1.54) is 0 Å². The molecule has 2 N–H and O–H groups in total. The van der Waals surface area contributed by atoms with Gasteiger partial charge in [-0.2, -0.15) is 0 Å². The van der Waals surface area contributed by atoms with Crippen molar-refractivity contribution in [3.05, 3.63) is 0 Å². The molecule has 0 aliphatic heterocycles. The van der Waals surface area contributed by atoms with Crippen LogP contribution in [0.5, 0.6) is 0 Å². The normalized spacial score (nSPS) is 23.8. The number of carboxylic acid groups (broad SMARTS) is 1. The van der Waals surface area contributed by atoms with Crippen molar-refractivity contribution < 1.29 is 9.90 Å². The minimum Gasteiger partial charge on any atom is -0.481 e. The van der Waals surface area contributed by atoms with E-state index in [2.05, 4.69) is 5.32 Å². The third-order valence-corrected chi connectivity index (χ3v) is 2.48. The Morgan fingerprint density at radius 1 is 1.70 bits per heavy atom. The van der Waals surface area contributed by atoms with E-state index < -0.39 is 11.4 Å². The molecule has 0 saturated heterocycles. The monoisotopic (exact) mass is 143 g/mol. The molecule has 1 saturated carbocycles. The first-order valence-corrected chi connectivity index (χ1v) is 3.54. The van der Waals surface area contributed by atoms with E-state index in [9.17, 15) is 4.79 Å². The van der Waals surface area contributed by atoms with Gasteiger partial charge in [-0.05, 0) is 26.8 Å². The van der Waals surface area contributed by atoms with E-state index in [0.717, 1.165) is 12.8 Å². The molecule has 1 fully saturated rings. The van der Waals surface area contributed by atoms with Gasteiger partial charge in [0.2, 0.25) is 0 Å². The number of hydrogen-bond acceptors (Lipinski definition) is 2. The summed E-state index contributed by atoms with van der Waals surface area (Å²) < 4.78 is 0. The minimum atomic E-state index is -0.658. The molecule has 1 aliphatic rings. The van der Waals surface area contributed by atoms with Crippen molar-refractivity contribution in [1.29, 1.82) is 0 Å². The molecule has 3 heteroatoms. The molecular weight excluding hydrogens is 130 g/mol. The lowest BCUT2D eigenvalue weighted by molar-refractivity contribution is -0.144. The average molecular weight is 143 g/mol. The van der Waals surface area contributed by atoms with Crippen molar-refractivity contribution in [1.82, 2.24) is 5.32 Å². The van der Waals surface area contributed by atoms with Crippen LogP contribution in [0.15, 0.2) is 0 Å². The number of aliphatic carboxylic acids is 1. The highest BCUT2D eigenvalue weighted by atomic mass is 16.4. The van der Waals surface area contributed by atoms with Crippen molar-refractivity contribution in [2.45, 2.75) is 25.8 Å². The Morgan fingerprint density at radius 3 is 2.30 bits per heavy atom. The molecule has 0 radical (unpaired) electrons. The van der Waals surface area contributed by atoms with Crippen molar-refractivity contribution in [3.63, 3.8) is 0 Å². The van der Waals surface area contributed by atoms with Crippen LogP contribution in [0.3, 0.4) is 0 Å². The van der Waals surface area contributed by atoms with Crippen LogP contribution in [0.4, 0.5) is 0 Å². The predicted molar refractivity (Wildman–Crippen MR) is 37.8 cm³/mol. The van der Waals surface area contributed by atoms with E-state index in [4.69, 9.17) is 5.11 Å². The largest absolute Gasteiger partial charge is 0.481 e. The zero-order chi connectivity index (χ0) is 7.78. The molecule has 0 heterocycles. The average Bonchev–Trinajstić information content (AvgIpc) is 2.65. The standard InChI is InChI=1S/C7H13NO2/c1-5(8-2)7(3-4-7)6(9)10/h5,8H,3-4H2,1-2H3,(H,9,10). The summed E-state index contributed by atoms with van der Waals surface area (Å²) in [5.74, 6) is -0.658. The van der Waals surface area contributed by atoms with Gasteiger partial charge in [-0.15, -0.1) is 0 Å². The van der Waals surface area contributed by atoms with Gasteiger partial charge in [0.25, 0.3) is 0 Å². The molecule has 1 rings (SSSR count). The molecule has 1 unspecified atom stereocenters. The van der Waals surface area contributed by atoms with Gasteiger partial charge in [0, 0.05) is 6.04 Å². The van der Waals surface area contributed by atoms with Crippen molar-refractivity contribution in [3.8, 4) is 0 Å². The van der Waals surface area contributed by atoms with Crippen LogP contribution < -0.4 is 5.32 Å². The lowest BCUT2D eigenvalue weighted by Gasteiger charge is -2.17. The van der Waals surface area contributed by atoms with E-state index >= 15 is 0 Å². The first-order valence-electron chi connectivity index (χ1n) is 3.54. The summed E-state index contributed by atoms with van der Waals surface area (Å²) in [5, 5.41) is 11.7. The Hall–Kier alpha value is -0.570. The Morgan fingerprint density at radius 2 is 2.20 bits per heavy atom. The lowest BCUT2D eigenvalue weighted by atomic mass is 9.99. The number of carbonyl (C=O) groups is 1. The highest BCUT2D eigenvalue weighted by Crippen LogP contribution is 2.48. The maximum absolute atomic E-state index is 10.6. The van der Waals surface area contributed by atoms with Gasteiger partial charge in [-0.3, -0.25) is 4.79 Å². The summed E-state index contributed by atoms with van der Waals surface area (Å²) in [6, 6.07) is 0.102. The molecule has 10 heavy (non-hydrogen) atoms. The fourth-order valence-corrected chi connectivity index (χ4v) is 1.24. The molecule has 1 atom stereocenters. The van der Waals surface area contributed by atoms with Gasteiger partial charge in [-0.1, -0.05) is 0 Å². The second-order valence-corrected chi connectivity index (χ2v) is 2.97. The second-order valence-electron chi connectivity index (χ2n) is 2.97. The van der Waals surface area contributed by atoms with Gasteiger partial charge in [0.05, 0.1) is 5.41 Å². The maximum Gasteiger partial charge on any atom is 0.311 e. The van der Waals surface area contributed by atoms with Gasteiger partial charge in [0.15, 0.2) is 0 Å². The van der Waals surface area contributed by atoms with Crippen LogP contribution in [0.25, 0.3) is 0 Å². The fourth-order valence-electron chi connectivity index (χ4n) is 1.24.